The monoisotopic (exact) mass is 375 g/mol. The minimum absolute atomic E-state index is 0.0118. The molecule has 26 heavy (non-hydrogen) atoms. The van der Waals surface area contributed by atoms with Gasteiger partial charge in [0.1, 0.15) is 12.2 Å². The van der Waals surface area contributed by atoms with Gasteiger partial charge in [0.15, 0.2) is 0 Å². The summed E-state index contributed by atoms with van der Waals surface area (Å²) in [6.07, 6.45) is 5.69. The summed E-state index contributed by atoms with van der Waals surface area (Å²) in [6, 6.07) is 0. The Kier molecular flexibility index (Phi) is 4.41. The molecule has 0 unspecified atom stereocenters. The number of fused-ring (bicyclic) bond motifs is 1. The van der Waals surface area contributed by atoms with Crippen molar-refractivity contribution in [2.45, 2.75) is 39.5 Å². The van der Waals surface area contributed by atoms with Crippen LogP contribution < -0.4 is 0 Å². The van der Waals surface area contributed by atoms with Gasteiger partial charge in [-0.3, -0.25) is 9.48 Å². The predicted octanol–water partition coefficient (Wildman–Crippen LogP) is 0.509. The van der Waals surface area contributed by atoms with E-state index in [-0.39, 0.29) is 12.5 Å². The third-order valence-corrected chi connectivity index (χ3v) is 4.61. The number of amides is 1. The van der Waals surface area contributed by atoms with Crippen LogP contribution >= 0.6 is 11.6 Å². The number of carbonyl (C=O) groups excluding carboxylic acids is 1. The van der Waals surface area contributed by atoms with Gasteiger partial charge in [0.05, 0.1) is 41.9 Å². The van der Waals surface area contributed by atoms with Crippen LogP contribution in [0, 0.1) is 6.92 Å². The van der Waals surface area contributed by atoms with E-state index in [9.17, 15) is 4.79 Å². The molecule has 0 aromatic carbocycles. The zero-order chi connectivity index (χ0) is 18.1. The van der Waals surface area contributed by atoms with Crippen molar-refractivity contribution in [1.82, 2.24) is 44.7 Å². The lowest BCUT2D eigenvalue weighted by Gasteiger charge is -2.20. The first-order valence-electron chi connectivity index (χ1n) is 8.32. The van der Waals surface area contributed by atoms with Crippen molar-refractivity contribution < 1.29 is 4.79 Å². The molecule has 4 rings (SSSR count). The molecule has 10 nitrogen and oxygen atoms in total. The van der Waals surface area contributed by atoms with Crippen LogP contribution in [0.25, 0.3) is 0 Å². The van der Waals surface area contributed by atoms with Crippen LogP contribution in [0.1, 0.15) is 23.5 Å². The van der Waals surface area contributed by atoms with E-state index < -0.39 is 0 Å². The molecule has 0 fully saturated rings. The quantitative estimate of drug-likeness (QED) is 0.658. The van der Waals surface area contributed by atoms with Gasteiger partial charge in [0.25, 0.3) is 0 Å². The SMILES string of the molecule is Cc1cnnn1Cc1nnn2c1CN(C(=O)Cn1cc(Cl)cn1)CCC2. The smallest absolute Gasteiger partial charge is 0.244 e. The van der Waals surface area contributed by atoms with E-state index in [1.165, 1.54) is 6.20 Å². The summed E-state index contributed by atoms with van der Waals surface area (Å²) in [4.78, 5) is 14.5. The maximum atomic E-state index is 12.7. The first kappa shape index (κ1) is 16.7. The molecule has 4 heterocycles. The number of aryl methyl sites for hydroxylation is 2. The minimum Gasteiger partial charge on any atom is -0.335 e. The minimum atomic E-state index is -0.0118. The second-order valence-corrected chi connectivity index (χ2v) is 6.70. The predicted molar refractivity (Wildman–Crippen MR) is 91.2 cm³/mol. The Balaban J connectivity index is 1.52. The highest BCUT2D eigenvalue weighted by molar-refractivity contribution is 6.30. The average Bonchev–Trinajstić information content (AvgIpc) is 3.26. The fourth-order valence-corrected chi connectivity index (χ4v) is 3.15. The summed E-state index contributed by atoms with van der Waals surface area (Å²) in [5.41, 5.74) is 2.69. The van der Waals surface area contributed by atoms with E-state index in [1.54, 1.807) is 21.8 Å². The highest BCUT2D eigenvalue weighted by atomic mass is 35.5. The number of halogens is 1. The lowest BCUT2D eigenvalue weighted by molar-refractivity contribution is -0.132. The maximum Gasteiger partial charge on any atom is 0.244 e. The lowest BCUT2D eigenvalue weighted by atomic mass is 10.3. The van der Waals surface area contributed by atoms with Crippen LogP contribution in [-0.4, -0.2) is 57.1 Å². The molecule has 11 heteroatoms. The Labute approximate surface area is 154 Å². The van der Waals surface area contributed by atoms with Gasteiger partial charge < -0.3 is 4.90 Å². The molecule has 0 bridgehead atoms. The van der Waals surface area contributed by atoms with Crippen molar-refractivity contribution in [2.24, 2.45) is 0 Å². The Morgan fingerprint density at radius 2 is 2.15 bits per heavy atom. The summed E-state index contributed by atoms with van der Waals surface area (Å²) in [7, 11) is 0. The van der Waals surface area contributed by atoms with Crippen molar-refractivity contribution >= 4 is 17.5 Å². The molecule has 0 saturated carbocycles. The van der Waals surface area contributed by atoms with Crippen LogP contribution in [0.4, 0.5) is 0 Å². The molecule has 1 aliphatic heterocycles. The standard InChI is InChI=1S/C15H18ClN9O/c1-11-5-17-20-25(11)8-13-14-9-22(3-2-4-24(14)21-19-13)15(26)10-23-7-12(16)6-18-23/h5-7H,2-4,8-10H2,1H3. The number of nitrogens with zero attached hydrogens (tertiary/aromatic N) is 9. The van der Waals surface area contributed by atoms with Crippen molar-refractivity contribution in [3.8, 4) is 0 Å². The van der Waals surface area contributed by atoms with E-state index >= 15 is 0 Å². The van der Waals surface area contributed by atoms with Crippen LogP contribution in [0.15, 0.2) is 18.6 Å². The molecule has 3 aromatic heterocycles. The van der Waals surface area contributed by atoms with Crippen LogP contribution in [0.5, 0.6) is 0 Å². The first-order valence-corrected chi connectivity index (χ1v) is 8.70. The van der Waals surface area contributed by atoms with Crippen molar-refractivity contribution in [1.29, 1.82) is 0 Å². The second-order valence-electron chi connectivity index (χ2n) is 6.26. The van der Waals surface area contributed by atoms with Crippen LogP contribution in [-0.2, 0) is 31.0 Å². The van der Waals surface area contributed by atoms with E-state index in [4.69, 9.17) is 11.6 Å². The molecule has 0 N–H and O–H groups in total. The van der Waals surface area contributed by atoms with Gasteiger partial charge in [-0.05, 0) is 13.3 Å². The molecule has 3 aromatic rings. The number of aromatic nitrogens is 8. The molecule has 0 saturated heterocycles. The Morgan fingerprint density at radius 1 is 1.27 bits per heavy atom. The molecule has 1 aliphatic rings. The number of rotatable bonds is 4. The largest absolute Gasteiger partial charge is 0.335 e. The molecule has 0 atom stereocenters. The number of carbonyl (C=O) groups is 1. The van der Waals surface area contributed by atoms with E-state index in [2.05, 4.69) is 25.7 Å². The van der Waals surface area contributed by atoms with Gasteiger partial charge in [-0.2, -0.15) is 5.10 Å². The Morgan fingerprint density at radius 3 is 2.88 bits per heavy atom. The fraction of sp³-hybridized carbons (Fsp3) is 0.467. The zero-order valence-corrected chi connectivity index (χ0v) is 15.0. The summed E-state index contributed by atoms with van der Waals surface area (Å²) in [5.74, 6) is -0.0118. The first-order chi connectivity index (χ1) is 12.6. The van der Waals surface area contributed by atoms with Gasteiger partial charge in [0.2, 0.25) is 5.91 Å². The van der Waals surface area contributed by atoms with Gasteiger partial charge in [-0.1, -0.05) is 22.0 Å². The van der Waals surface area contributed by atoms with Crippen molar-refractivity contribution in [2.75, 3.05) is 6.54 Å². The summed E-state index contributed by atoms with van der Waals surface area (Å²) >= 11 is 5.87. The summed E-state index contributed by atoms with van der Waals surface area (Å²) in [6.45, 7) is 4.44. The Hall–Kier alpha value is -2.75. The molecule has 136 valence electrons. The van der Waals surface area contributed by atoms with Crippen molar-refractivity contribution in [3.05, 3.63) is 40.7 Å². The number of hydrogen-bond donors (Lipinski definition) is 0. The summed E-state index contributed by atoms with van der Waals surface area (Å²) < 4.78 is 5.19. The fourth-order valence-electron chi connectivity index (χ4n) is 3.00. The molecule has 0 aliphatic carbocycles. The van der Waals surface area contributed by atoms with E-state index in [1.807, 2.05) is 16.5 Å². The highest BCUT2D eigenvalue weighted by Gasteiger charge is 2.24. The molecule has 1 amide bonds. The molecular formula is C15H18ClN9O. The normalized spacial score (nSPS) is 14.3. The van der Waals surface area contributed by atoms with Crippen LogP contribution in [0.3, 0.4) is 0 Å². The van der Waals surface area contributed by atoms with Gasteiger partial charge >= 0.3 is 0 Å². The Bertz CT molecular complexity index is 927. The summed E-state index contributed by atoms with van der Waals surface area (Å²) in [5, 5.41) is 21.1. The second kappa shape index (κ2) is 6.87. The van der Waals surface area contributed by atoms with E-state index in [0.29, 0.717) is 24.7 Å². The molecular weight excluding hydrogens is 358 g/mol. The third kappa shape index (κ3) is 3.32. The molecule has 0 spiro atoms. The van der Waals surface area contributed by atoms with Gasteiger partial charge in [0, 0.05) is 19.3 Å². The molecule has 0 radical (unpaired) electrons. The van der Waals surface area contributed by atoms with Gasteiger partial charge in [-0.15, -0.1) is 10.2 Å². The van der Waals surface area contributed by atoms with Gasteiger partial charge in [-0.25, -0.2) is 9.36 Å². The third-order valence-electron chi connectivity index (χ3n) is 4.42. The topological polar surface area (TPSA) is 99.5 Å². The highest BCUT2D eigenvalue weighted by Crippen LogP contribution is 2.16. The zero-order valence-electron chi connectivity index (χ0n) is 14.3. The number of hydrogen-bond acceptors (Lipinski definition) is 6. The van der Waals surface area contributed by atoms with Crippen molar-refractivity contribution in [3.63, 3.8) is 0 Å². The average molecular weight is 376 g/mol. The lowest BCUT2D eigenvalue weighted by Crippen LogP contribution is -2.34. The van der Waals surface area contributed by atoms with Crippen LogP contribution in [0.2, 0.25) is 5.02 Å². The maximum absolute atomic E-state index is 12.7. The van der Waals surface area contributed by atoms with E-state index in [0.717, 1.165) is 30.0 Å².